The number of furan rings is 1. The number of nitrogens with zero attached hydrogens (tertiary/aromatic N) is 3. The van der Waals surface area contributed by atoms with Crippen LogP contribution < -0.4 is 5.32 Å². The van der Waals surface area contributed by atoms with Crippen molar-refractivity contribution in [3.63, 3.8) is 0 Å². The van der Waals surface area contributed by atoms with Gasteiger partial charge in [0.1, 0.15) is 5.76 Å². The van der Waals surface area contributed by atoms with Gasteiger partial charge in [-0.15, -0.1) is 10.2 Å². The van der Waals surface area contributed by atoms with Crippen LogP contribution in [0, 0.1) is 6.92 Å². The van der Waals surface area contributed by atoms with E-state index in [0.717, 1.165) is 17.7 Å². The third kappa shape index (κ3) is 5.05. The third-order valence-corrected chi connectivity index (χ3v) is 5.13. The van der Waals surface area contributed by atoms with E-state index in [9.17, 15) is 9.59 Å². The van der Waals surface area contributed by atoms with Gasteiger partial charge in [0.15, 0.2) is 11.0 Å². The van der Waals surface area contributed by atoms with Gasteiger partial charge in [0.25, 0.3) is 0 Å². The van der Waals surface area contributed by atoms with Crippen molar-refractivity contribution in [2.24, 2.45) is 7.05 Å². The molecule has 0 saturated carbocycles. The van der Waals surface area contributed by atoms with E-state index in [2.05, 4.69) is 15.5 Å². The first-order valence-corrected chi connectivity index (χ1v) is 10.1. The Morgan fingerprint density at radius 2 is 1.97 bits per heavy atom. The summed E-state index contributed by atoms with van der Waals surface area (Å²) in [5.74, 6) is 1.07. The van der Waals surface area contributed by atoms with E-state index >= 15 is 0 Å². The van der Waals surface area contributed by atoms with Crippen LogP contribution in [-0.4, -0.2) is 39.0 Å². The maximum atomic E-state index is 12.3. The second-order valence-electron chi connectivity index (χ2n) is 6.31. The molecule has 0 aliphatic carbocycles. The fourth-order valence-corrected chi connectivity index (χ4v) is 3.30. The fourth-order valence-electron chi connectivity index (χ4n) is 2.59. The van der Waals surface area contributed by atoms with Crippen molar-refractivity contribution in [1.29, 1.82) is 0 Å². The van der Waals surface area contributed by atoms with E-state index in [1.165, 1.54) is 11.8 Å². The van der Waals surface area contributed by atoms with Crippen LogP contribution in [0.3, 0.4) is 0 Å². The molecule has 3 aromatic rings. The molecule has 0 fully saturated rings. The fraction of sp³-hybridized carbons (Fsp3) is 0.300. The van der Waals surface area contributed by atoms with Crippen molar-refractivity contribution >= 4 is 29.3 Å². The lowest BCUT2D eigenvalue weighted by Crippen LogP contribution is -2.14. The number of esters is 1. The first-order chi connectivity index (χ1) is 14.0. The Morgan fingerprint density at radius 1 is 1.21 bits per heavy atom. The number of aromatic nitrogens is 3. The summed E-state index contributed by atoms with van der Waals surface area (Å²) in [5.41, 5.74) is 1.93. The Morgan fingerprint density at radius 3 is 2.62 bits per heavy atom. The van der Waals surface area contributed by atoms with Crippen molar-refractivity contribution in [2.75, 3.05) is 17.7 Å². The minimum absolute atomic E-state index is 0.177. The highest BCUT2D eigenvalue weighted by Gasteiger charge is 2.16. The molecule has 3 rings (SSSR count). The normalized spacial score (nSPS) is 10.7. The van der Waals surface area contributed by atoms with Gasteiger partial charge in [-0.2, -0.15) is 0 Å². The van der Waals surface area contributed by atoms with Gasteiger partial charge < -0.3 is 19.0 Å². The summed E-state index contributed by atoms with van der Waals surface area (Å²) in [5, 5.41) is 11.8. The van der Waals surface area contributed by atoms with Gasteiger partial charge in [-0.25, -0.2) is 4.79 Å². The number of rotatable bonds is 8. The number of benzene rings is 1. The number of anilines is 1. The summed E-state index contributed by atoms with van der Waals surface area (Å²) in [6, 6.07) is 8.44. The van der Waals surface area contributed by atoms with Crippen molar-refractivity contribution in [3.05, 3.63) is 47.9 Å². The smallest absolute Gasteiger partial charge is 0.338 e. The van der Waals surface area contributed by atoms with Crippen LogP contribution in [0.5, 0.6) is 0 Å². The van der Waals surface area contributed by atoms with E-state index < -0.39 is 0 Å². The molecule has 152 valence electrons. The Kier molecular flexibility index (Phi) is 6.71. The molecule has 8 nitrogen and oxygen atoms in total. The van der Waals surface area contributed by atoms with Crippen LogP contribution in [0.2, 0.25) is 0 Å². The molecule has 0 spiro atoms. The second-order valence-corrected chi connectivity index (χ2v) is 7.25. The average Bonchev–Trinajstić information content (AvgIpc) is 3.30. The number of aryl methyl sites for hydroxylation is 1. The molecule has 0 atom stereocenters. The maximum absolute atomic E-state index is 12.3. The number of thioether (sulfide) groups is 1. The molecule has 0 radical (unpaired) electrons. The van der Waals surface area contributed by atoms with Gasteiger partial charge in [-0.1, -0.05) is 18.7 Å². The lowest BCUT2D eigenvalue weighted by atomic mass is 10.2. The quantitative estimate of drug-likeness (QED) is 0.443. The summed E-state index contributed by atoms with van der Waals surface area (Å²) in [4.78, 5) is 24.1. The highest BCUT2D eigenvalue weighted by molar-refractivity contribution is 7.99. The molecule has 9 heteroatoms. The minimum Gasteiger partial charge on any atom is -0.469 e. The highest BCUT2D eigenvalue weighted by Crippen LogP contribution is 2.25. The zero-order valence-electron chi connectivity index (χ0n) is 16.5. The molecule has 0 bridgehead atoms. The molecular weight excluding hydrogens is 392 g/mol. The highest BCUT2D eigenvalue weighted by atomic mass is 32.2. The molecule has 1 N–H and O–H groups in total. The lowest BCUT2D eigenvalue weighted by molar-refractivity contribution is -0.113. The first kappa shape index (κ1) is 20.7. The van der Waals surface area contributed by atoms with Gasteiger partial charge in [-0.05, 0) is 43.7 Å². The van der Waals surface area contributed by atoms with E-state index in [1.807, 2.05) is 31.5 Å². The third-order valence-electron chi connectivity index (χ3n) is 4.11. The van der Waals surface area contributed by atoms with Crippen molar-refractivity contribution < 1.29 is 18.7 Å². The topological polar surface area (TPSA) is 99.2 Å². The number of carbonyl (C=O) groups excluding carboxylic acids is 2. The Hall–Kier alpha value is -3.07. The molecular formula is C20H22N4O4S. The van der Waals surface area contributed by atoms with Crippen LogP contribution in [0.15, 0.2) is 46.2 Å². The molecule has 29 heavy (non-hydrogen) atoms. The lowest BCUT2D eigenvalue weighted by Gasteiger charge is -2.07. The van der Waals surface area contributed by atoms with Crippen LogP contribution >= 0.6 is 11.8 Å². The van der Waals surface area contributed by atoms with Gasteiger partial charge >= 0.3 is 5.97 Å². The summed E-state index contributed by atoms with van der Waals surface area (Å²) in [6.07, 6.45) is 2.38. The summed E-state index contributed by atoms with van der Waals surface area (Å²) in [7, 11) is 1.85. The van der Waals surface area contributed by atoms with Crippen molar-refractivity contribution in [3.8, 4) is 11.4 Å². The molecule has 0 saturated heterocycles. The summed E-state index contributed by atoms with van der Waals surface area (Å²) in [6.45, 7) is 4.18. The zero-order chi connectivity index (χ0) is 20.8. The number of amides is 1. The molecule has 1 aromatic carbocycles. The Balaban J connectivity index is 1.55. The van der Waals surface area contributed by atoms with Crippen molar-refractivity contribution in [2.45, 2.75) is 25.4 Å². The number of nitrogens with one attached hydrogen (secondary N) is 1. The molecule has 0 unspecified atom stereocenters. The largest absolute Gasteiger partial charge is 0.469 e. The zero-order valence-corrected chi connectivity index (χ0v) is 17.3. The molecule has 1 amide bonds. The summed E-state index contributed by atoms with van der Waals surface area (Å²) >= 11 is 1.29. The van der Waals surface area contributed by atoms with Gasteiger partial charge in [0, 0.05) is 12.7 Å². The van der Waals surface area contributed by atoms with Gasteiger partial charge in [0.05, 0.1) is 29.7 Å². The van der Waals surface area contributed by atoms with Crippen molar-refractivity contribution in [1.82, 2.24) is 14.8 Å². The number of carbonyl (C=O) groups is 2. The van der Waals surface area contributed by atoms with E-state index in [-0.39, 0.29) is 17.6 Å². The molecule has 2 heterocycles. The Labute approximate surface area is 172 Å². The molecule has 0 aliphatic heterocycles. The second kappa shape index (κ2) is 9.42. The standard InChI is InChI=1S/C20H22N4O4S/c1-4-10-28-19(26)14-5-7-15(8-6-14)21-17(25)12-29-20-23-22-18(24(20)3)16-9-11-27-13(16)2/h5-9,11H,4,10,12H2,1-3H3,(H,21,25). The SMILES string of the molecule is CCCOC(=O)c1ccc(NC(=O)CSc2nnc(-c3ccoc3C)n2C)cc1. The van der Waals surface area contributed by atoms with Crippen LogP contribution in [0.25, 0.3) is 11.4 Å². The molecule has 0 aliphatic rings. The van der Waals surface area contributed by atoms with Gasteiger partial charge in [-0.3, -0.25) is 4.79 Å². The molecule has 2 aromatic heterocycles. The number of hydrogen-bond donors (Lipinski definition) is 1. The van der Waals surface area contributed by atoms with Crippen LogP contribution in [-0.2, 0) is 16.6 Å². The average molecular weight is 414 g/mol. The Bertz CT molecular complexity index is 994. The van der Waals surface area contributed by atoms with Crippen LogP contribution in [0.1, 0.15) is 29.5 Å². The van der Waals surface area contributed by atoms with E-state index in [1.54, 1.807) is 30.5 Å². The van der Waals surface area contributed by atoms with Crippen LogP contribution in [0.4, 0.5) is 5.69 Å². The maximum Gasteiger partial charge on any atom is 0.338 e. The number of ether oxygens (including phenoxy) is 1. The summed E-state index contributed by atoms with van der Waals surface area (Å²) < 4.78 is 12.2. The first-order valence-electron chi connectivity index (χ1n) is 9.13. The predicted molar refractivity (Wildman–Crippen MR) is 110 cm³/mol. The monoisotopic (exact) mass is 414 g/mol. The van der Waals surface area contributed by atoms with E-state index in [0.29, 0.717) is 28.8 Å². The minimum atomic E-state index is -0.369. The number of hydrogen-bond acceptors (Lipinski definition) is 7. The van der Waals surface area contributed by atoms with Gasteiger partial charge in [0.2, 0.25) is 5.91 Å². The van der Waals surface area contributed by atoms with E-state index in [4.69, 9.17) is 9.15 Å². The predicted octanol–water partition coefficient (Wildman–Crippen LogP) is 3.68.